The summed E-state index contributed by atoms with van der Waals surface area (Å²) in [6, 6.07) is 7.45. The van der Waals surface area contributed by atoms with E-state index < -0.39 is 0 Å². The lowest BCUT2D eigenvalue weighted by molar-refractivity contribution is -0.116. The third-order valence-electron chi connectivity index (χ3n) is 3.17. The maximum atomic E-state index is 11.9. The molecule has 0 spiro atoms. The first kappa shape index (κ1) is 15.0. The normalized spacial score (nSPS) is 17.1. The van der Waals surface area contributed by atoms with Crippen molar-refractivity contribution in [2.24, 2.45) is 5.73 Å². The molecule has 1 unspecified atom stereocenters. The second kappa shape index (κ2) is 7.38. The molecule has 1 aromatic carbocycles. The molecule has 3 N–H and O–H groups in total. The van der Waals surface area contributed by atoms with E-state index in [1.54, 1.807) is 0 Å². The van der Waals surface area contributed by atoms with Crippen molar-refractivity contribution in [2.45, 2.75) is 38.5 Å². The van der Waals surface area contributed by atoms with Crippen LogP contribution in [0, 0.1) is 0 Å². The molecule has 5 nitrogen and oxygen atoms in total. The zero-order chi connectivity index (χ0) is 14.4. The van der Waals surface area contributed by atoms with Crippen LogP contribution >= 0.6 is 0 Å². The quantitative estimate of drug-likeness (QED) is 0.836. The lowest BCUT2D eigenvalue weighted by Gasteiger charge is -2.13. The van der Waals surface area contributed by atoms with Gasteiger partial charge in [-0.25, -0.2) is 0 Å². The minimum absolute atomic E-state index is 0.0589. The molecule has 5 heteroatoms. The number of anilines is 1. The van der Waals surface area contributed by atoms with Crippen LogP contribution in [0.2, 0.25) is 0 Å². The predicted octanol–water partition coefficient (Wildman–Crippen LogP) is 2.19. The minimum Gasteiger partial charge on any atom is -0.346 e. The summed E-state index contributed by atoms with van der Waals surface area (Å²) in [5.41, 5.74) is 7.53. The summed E-state index contributed by atoms with van der Waals surface area (Å²) < 4.78 is 10.9. The van der Waals surface area contributed by atoms with Gasteiger partial charge in [-0.15, -0.1) is 0 Å². The van der Waals surface area contributed by atoms with Crippen LogP contribution in [0.5, 0.6) is 0 Å². The van der Waals surface area contributed by atoms with Crippen LogP contribution in [0.4, 0.5) is 5.69 Å². The van der Waals surface area contributed by atoms with E-state index in [2.05, 4.69) is 12.2 Å². The molecule has 1 amide bonds. The Morgan fingerprint density at radius 2 is 2.20 bits per heavy atom. The Labute approximate surface area is 119 Å². The van der Waals surface area contributed by atoms with Crippen molar-refractivity contribution in [2.75, 3.05) is 18.5 Å². The second-order valence-corrected chi connectivity index (χ2v) is 5.00. The first-order chi connectivity index (χ1) is 9.69. The number of carbonyl (C=O) groups excluding carboxylic acids is 1. The number of hydrogen-bond donors (Lipinski definition) is 2. The average Bonchev–Trinajstić information content (AvgIpc) is 2.92. The first-order valence-corrected chi connectivity index (χ1v) is 7.07. The van der Waals surface area contributed by atoms with Crippen LogP contribution in [0.3, 0.4) is 0 Å². The van der Waals surface area contributed by atoms with Gasteiger partial charge in [-0.1, -0.05) is 25.5 Å². The van der Waals surface area contributed by atoms with E-state index in [1.165, 1.54) is 0 Å². The molecule has 1 heterocycles. The van der Waals surface area contributed by atoms with Gasteiger partial charge in [0.25, 0.3) is 0 Å². The van der Waals surface area contributed by atoms with Gasteiger partial charge in [0.15, 0.2) is 6.29 Å². The van der Waals surface area contributed by atoms with Gasteiger partial charge in [0.1, 0.15) is 0 Å². The first-order valence-electron chi connectivity index (χ1n) is 7.07. The molecule has 20 heavy (non-hydrogen) atoms. The monoisotopic (exact) mass is 278 g/mol. The van der Waals surface area contributed by atoms with Crippen molar-refractivity contribution in [1.82, 2.24) is 0 Å². The van der Waals surface area contributed by atoms with E-state index in [0.29, 0.717) is 19.6 Å². The highest BCUT2D eigenvalue weighted by Crippen LogP contribution is 2.25. The summed E-state index contributed by atoms with van der Waals surface area (Å²) in [4.78, 5) is 11.9. The Morgan fingerprint density at radius 1 is 1.45 bits per heavy atom. The van der Waals surface area contributed by atoms with Crippen LogP contribution in [0.15, 0.2) is 24.3 Å². The molecule has 0 saturated carbocycles. The Balaban J connectivity index is 1.92. The van der Waals surface area contributed by atoms with Gasteiger partial charge in [0.05, 0.1) is 13.2 Å². The minimum atomic E-state index is -0.325. The molecular weight excluding hydrogens is 256 g/mol. The molecule has 1 aliphatic rings. The fraction of sp³-hybridized carbons (Fsp3) is 0.533. The number of nitrogens with two attached hydrogens (primary N) is 1. The number of carbonyl (C=O) groups is 1. The summed E-state index contributed by atoms with van der Waals surface area (Å²) in [7, 11) is 0. The van der Waals surface area contributed by atoms with E-state index >= 15 is 0 Å². The predicted molar refractivity (Wildman–Crippen MR) is 77.2 cm³/mol. The molecular formula is C15H22N2O3. The molecule has 110 valence electrons. The molecule has 2 rings (SSSR count). The van der Waals surface area contributed by atoms with Crippen molar-refractivity contribution in [3.8, 4) is 0 Å². The molecule has 0 radical (unpaired) electrons. The highest BCUT2D eigenvalue weighted by molar-refractivity contribution is 5.91. The maximum absolute atomic E-state index is 11.9. The number of rotatable bonds is 6. The number of ether oxygens (including phenoxy) is 2. The Morgan fingerprint density at radius 3 is 2.90 bits per heavy atom. The summed E-state index contributed by atoms with van der Waals surface area (Å²) >= 11 is 0. The standard InChI is InChI=1S/C15H22N2O3/c1-2-4-12(16)10-14(18)17-13-6-3-5-11(9-13)15-19-7-8-20-15/h3,5-6,9,12,15H,2,4,7-8,10,16H2,1H3,(H,17,18). The lowest BCUT2D eigenvalue weighted by atomic mass is 10.1. The van der Waals surface area contributed by atoms with Gasteiger partial charge in [-0.2, -0.15) is 0 Å². The van der Waals surface area contributed by atoms with Crippen molar-refractivity contribution in [1.29, 1.82) is 0 Å². The third kappa shape index (κ3) is 4.30. The van der Waals surface area contributed by atoms with Gasteiger partial charge in [0, 0.05) is 23.7 Å². The molecule has 0 bridgehead atoms. The van der Waals surface area contributed by atoms with Crippen molar-refractivity contribution in [3.63, 3.8) is 0 Å². The van der Waals surface area contributed by atoms with Crippen LogP contribution < -0.4 is 11.1 Å². The highest BCUT2D eigenvalue weighted by Gasteiger charge is 2.18. The van der Waals surface area contributed by atoms with Gasteiger partial charge in [-0.3, -0.25) is 4.79 Å². The lowest BCUT2D eigenvalue weighted by Crippen LogP contribution is -2.26. The molecule has 1 fully saturated rings. The highest BCUT2D eigenvalue weighted by atomic mass is 16.7. The number of benzene rings is 1. The SMILES string of the molecule is CCCC(N)CC(=O)Nc1cccc(C2OCCO2)c1. The van der Waals surface area contributed by atoms with E-state index in [9.17, 15) is 4.79 Å². The second-order valence-electron chi connectivity index (χ2n) is 5.00. The van der Waals surface area contributed by atoms with Gasteiger partial charge in [-0.05, 0) is 18.6 Å². The molecule has 1 atom stereocenters. The van der Waals surface area contributed by atoms with Crippen LogP contribution in [-0.2, 0) is 14.3 Å². The largest absolute Gasteiger partial charge is 0.346 e. The third-order valence-corrected chi connectivity index (χ3v) is 3.17. The average molecular weight is 278 g/mol. The van der Waals surface area contributed by atoms with E-state index in [4.69, 9.17) is 15.2 Å². The van der Waals surface area contributed by atoms with Crippen LogP contribution in [0.25, 0.3) is 0 Å². The van der Waals surface area contributed by atoms with Crippen molar-refractivity contribution < 1.29 is 14.3 Å². The fourth-order valence-electron chi connectivity index (χ4n) is 2.24. The van der Waals surface area contributed by atoms with E-state index in [1.807, 2.05) is 24.3 Å². The number of amides is 1. The van der Waals surface area contributed by atoms with Gasteiger partial charge < -0.3 is 20.5 Å². The van der Waals surface area contributed by atoms with Crippen LogP contribution in [0.1, 0.15) is 38.0 Å². The summed E-state index contributed by atoms with van der Waals surface area (Å²) in [5, 5.41) is 2.87. The summed E-state index contributed by atoms with van der Waals surface area (Å²) in [6.45, 7) is 3.27. The van der Waals surface area contributed by atoms with Crippen LogP contribution in [-0.4, -0.2) is 25.2 Å². The summed E-state index contributed by atoms with van der Waals surface area (Å²) in [6.07, 6.45) is 1.86. The molecule has 0 aromatic heterocycles. The van der Waals surface area contributed by atoms with Crippen molar-refractivity contribution >= 4 is 11.6 Å². The molecule has 1 saturated heterocycles. The zero-order valence-electron chi connectivity index (χ0n) is 11.8. The Kier molecular flexibility index (Phi) is 5.52. The Hall–Kier alpha value is -1.43. The number of nitrogens with one attached hydrogen (secondary N) is 1. The topological polar surface area (TPSA) is 73.6 Å². The fourth-order valence-corrected chi connectivity index (χ4v) is 2.24. The molecule has 1 aliphatic heterocycles. The zero-order valence-corrected chi connectivity index (χ0v) is 11.8. The maximum Gasteiger partial charge on any atom is 0.225 e. The van der Waals surface area contributed by atoms with E-state index in [0.717, 1.165) is 24.1 Å². The van der Waals surface area contributed by atoms with Gasteiger partial charge >= 0.3 is 0 Å². The summed E-state index contributed by atoms with van der Waals surface area (Å²) in [5.74, 6) is -0.0589. The number of hydrogen-bond acceptors (Lipinski definition) is 4. The Bertz CT molecular complexity index is 444. The van der Waals surface area contributed by atoms with E-state index in [-0.39, 0.29) is 18.2 Å². The molecule has 1 aromatic rings. The van der Waals surface area contributed by atoms with Crippen molar-refractivity contribution in [3.05, 3.63) is 29.8 Å². The smallest absolute Gasteiger partial charge is 0.225 e. The van der Waals surface area contributed by atoms with Gasteiger partial charge in [0.2, 0.25) is 5.91 Å². The molecule has 0 aliphatic carbocycles.